The highest BCUT2D eigenvalue weighted by Gasteiger charge is 2.23. The van der Waals surface area contributed by atoms with Gasteiger partial charge in [-0.3, -0.25) is 9.36 Å². The van der Waals surface area contributed by atoms with Crippen LogP contribution < -0.4 is 16.1 Å². The van der Waals surface area contributed by atoms with Gasteiger partial charge in [-0.25, -0.2) is 4.98 Å². The van der Waals surface area contributed by atoms with E-state index in [0.717, 1.165) is 51.2 Å². The van der Waals surface area contributed by atoms with Gasteiger partial charge in [-0.15, -0.1) is 0 Å². The number of halogens is 1. The maximum absolute atomic E-state index is 13.0. The fraction of sp³-hybridized carbons (Fsp3) is 0.200. The van der Waals surface area contributed by atoms with Crippen molar-refractivity contribution in [3.05, 3.63) is 61.9 Å². The molecule has 0 spiro atoms. The van der Waals surface area contributed by atoms with E-state index >= 15 is 0 Å². The van der Waals surface area contributed by atoms with Crippen molar-refractivity contribution in [1.82, 2.24) is 14.5 Å². The third-order valence-electron chi connectivity index (χ3n) is 5.11. The van der Waals surface area contributed by atoms with Gasteiger partial charge in [-0.05, 0) is 55.2 Å². The predicted molar refractivity (Wildman–Crippen MR) is 101 cm³/mol. The molecule has 0 bridgehead atoms. The smallest absolute Gasteiger partial charge is 0.261 e. The minimum atomic E-state index is 0.0354. The van der Waals surface area contributed by atoms with Crippen molar-refractivity contribution in [2.45, 2.75) is 26.3 Å². The molecule has 2 aromatic heterocycles. The summed E-state index contributed by atoms with van der Waals surface area (Å²) in [6.45, 7) is 2.68. The Bertz CT molecular complexity index is 1260. The number of fused-ring (bicyclic) bond motifs is 6. The molecule has 0 fully saturated rings. The maximum Gasteiger partial charge on any atom is 0.261 e. The Morgan fingerprint density at radius 3 is 3.08 bits per heavy atom. The highest BCUT2D eigenvalue weighted by molar-refractivity contribution is 6.31. The van der Waals surface area contributed by atoms with E-state index in [-0.39, 0.29) is 5.56 Å². The van der Waals surface area contributed by atoms with E-state index in [1.807, 2.05) is 37.3 Å². The molecule has 3 heterocycles. The van der Waals surface area contributed by atoms with Crippen LogP contribution >= 0.6 is 11.6 Å². The van der Waals surface area contributed by atoms with Crippen molar-refractivity contribution >= 4 is 34.2 Å². The van der Waals surface area contributed by atoms with Crippen molar-refractivity contribution in [3.63, 3.8) is 0 Å². The zero-order valence-corrected chi connectivity index (χ0v) is 14.5. The molecule has 4 nitrogen and oxygen atoms in total. The quantitative estimate of drug-likeness (QED) is 0.678. The number of allylic oxidation sites excluding steroid dienone is 2. The van der Waals surface area contributed by atoms with Crippen LogP contribution in [0.5, 0.6) is 0 Å². The van der Waals surface area contributed by atoms with Crippen LogP contribution in [-0.4, -0.2) is 14.5 Å². The number of H-pyrrole nitrogens is 1. The molecule has 5 heteroatoms. The molecule has 1 N–H and O–H groups in total. The first-order valence-corrected chi connectivity index (χ1v) is 8.79. The number of aromatic nitrogens is 3. The summed E-state index contributed by atoms with van der Waals surface area (Å²) in [7, 11) is 0. The largest absolute Gasteiger partial charge is 0.352 e. The van der Waals surface area contributed by atoms with E-state index in [0.29, 0.717) is 11.8 Å². The molecule has 0 saturated carbocycles. The average Bonchev–Trinajstić information content (AvgIpc) is 2.87. The Morgan fingerprint density at radius 2 is 2.20 bits per heavy atom. The molecular formula is C20H16ClN3O. The van der Waals surface area contributed by atoms with Gasteiger partial charge in [-0.1, -0.05) is 23.8 Å². The van der Waals surface area contributed by atoms with Crippen LogP contribution in [0.15, 0.2) is 35.1 Å². The lowest BCUT2D eigenvalue weighted by Gasteiger charge is -2.18. The van der Waals surface area contributed by atoms with Gasteiger partial charge in [0.25, 0.3) is 5.56 Å². The predicted octanol–water partition coefficient (Wildman–Crippen LogP) is 2.51. The number of hydrogen-bond acceptors (Lipinski definition) is 2. The first-order chi connectivity index (χ1) is 12.1. The second kappa shape index (κ2) is 5.20. The molecule has 1 aliphatic heterocycles. The van der Waals surface area contributed by atoms with Crippen molar-refractivity contribution < 1.29 is 0 Å². The topological polar surface area (TPSA) is 50.7 Å². The standard InChI is InChI=1S/C20H16ClN3O/c1-11-4-2-3-5-14-17(11)23-19-18-13(8-9-24(19)20(14)25)15-10-12(21)6-7-16(15)22-18/h2-3,5-7,10,22H,4,8-9H2,1H3. The Morgan fingerprint density at radius 1 is 1.32 bits per heavy atom. The second-order valence-corrected chi connectivity index (χ2v) is 7.09. The molecule has 25 heavy (non-hydrogen) atoms. The Kier molecular flexibility index (Phi) is 3.06. The fourth-order valence-corrected chi connectivity index (χ4v) is 4.02. The molecule has 0 saturated heterocycles. The van der Waals surface area contributed by atoms with Crippen molar-refractivity contribution in [1.29, 1.82) is 0 Å². The molecule has 0 radical (unpaired) electrons. The number of benzene rings is 1. The first-order valence-electron chi connectivity index (χ1n) is 8.41. The van der Waals surface area contributed by atoms with Gasteiger partial charge in [0.2, 0.25) is 0 Å². The molecule has 0 unspecified atom stereocenters. The second-order valence-electron chi connectivity index (χ2n) is 6.65. The molecule has 1 aromatic carbocycles. The Labute approximate surface area is 148 Å². The SMILES string of the molecule is CC1=c2nc3n(c(=O)c2=CC=CC1)CCc1c-3[nH]c2ccc(Cl)cc12. The molecular weight excluding hydrogens is 334 g/mol. The fourth-order valence-electron chi connectivity index (χ4n) is 3.84. The maximum atomic E-state index is 13.0. The Hall–Kier alpha value is -2.59. The highest BCUT2D eigenvalue weighted by Crippen LogP contribution is 2.33. The monoisotopic (exact) mass is 349 g/mol. The van der Waals surface area contributed by atoms with Crippen LogP contribution in [-0.2, 0) is 13.0 Å². The number of rotatable bonds is 0. The number of aryl methyl sites for hydroxylation is 1. The molecule has 1 aliphatic carbocycles. The summed E-state index contributed by atoms with van der Waals surface area (Å²) in [5.74, 6) is 0.729. The number of nitrogens with zero attached hydrogens (tertiary/aromatic N) is 2. The minimum absolute atomic E-state index is 0.0354. The van der Waals surface area contributed by atoms with Gasteiger partial charge in [0, 0.05) is 22.5 Å². The van der Waals surface area contributed by atoms with E-state index in [1.54, 1.807) is 4.57 Å². The number of aromatic amines is 1. The Balaban J connectivity index is 1.91. The summed E-state index contributed by atoms with van der Waals surface area (Å²) >= 11 is 6.18. The molecule has 0 atom stereocenters. The van der Waals surface area contributed by atoms with E-state index in [1.165, 1.54) is 5.56 Å². The van der Waals surface area contributed by atoms with Crippen LogP contribution in [0.4, 0.5) is 0 Å². The van der Waals surface area contributed by atoms with Crippen LogP contribution in [0, 0.1) is 0 Å². The average molecular weight is 350 g/mol. The van der Waals surface area contributed by atoms with Gasteiger partial charge < -0.3 is 4.98 Å². The van der Waals surface area contributed by atoms with E-state index < -0.39 is 0 Å². The number of hydrogen-bond donors (Lipinski definition) is 1. The highest BCUT2D eigenvalue weighted by atomic mass is 35.5. The third-order valence-corrected chi connectivity index (χ3v) is 5.34. The molecule has 3 aromatic rings. The molecule has 124 valence electrons. The lowest BCUT2D eigenvalue weighted by atomic mass is 10.0. The third kappa shape index (κ3) is 2.07. The van der Waals surface area contributed by atoms with Gasteiger partial charge in [0.15, 0.2) is 5.82 Å². The van der Waals surface area contributed by atoms with Crippen LogP contribution in [0.3, 0.4) is 0 Å². The van der Waals surface area contributed by atoms with Gasteiger partial charge >= 0.3 is 0 Å². The minimum Gasteiger partial charge on any atom is -0.352 e. The molecule has 2 aliphatic rings. The van der Waals surface area contributed by atoms with Gasteiger partial charge in [0.05, 0.1) is 16.3 Å². The summed E-state index contributed by atoms with van der Waals surface area (Å²) in [6, 6.07) is 5.84. The molecule has 5 rings (SSSR count). The van der Waals surface area contributed by atoms with Crippen molar-refractivity contribution in [2.75, 3.05) is 0 Å². The van der Waals surface area contributed by atoms with E-state index in [2.05, 4.69) is 11.1 Å². The summed E-state index contributed by atoms with van der Waals surface area (Å²) in [4.78, 5) is 21.4. The first kappa shape index (κ1) is 14.7. The van der Waals surface area contributed by atoms with E-state index in [9.17, 15) is 4.79 Å². The summed E-state index contributed by atoms with van der Waals surface area (Å²) in [5.41, 5.74) is 4.31. The van der Waals surface area contributed by atoms with E-state index in [4.69, 9.17) is 16.6 Å². The molecule has 0 amide bonds. The number of nitrogens with one attached hydrogen (secondary N) is 1. The summed E-state index contributed by atoms with van der Waals surface area (Å²) in [5, 5.41) is 3.34. The van der Waals surface area contributed by atoms with Crippen LogP contribution in [0.2, 0.25) is 5.02 Å². The lowest BCUT2D eigenvalue weighted by Crippen LogP contribution is -2.49. The zero-order valence-electron chi connectivity index (χ0n) is 13.8. The van der Waals surface area contributed by atoms with Crippen molar-refractivity contribution in [2.24, 2.45) is 0 Å². The zero-order chi connectivity index (χ0) is 17.1. The summed E-state index contributed by atoms with van der Waals surface area (Å²) < 4.78 is 1.79. The summed E-state index contributed by atoms with van der Waals surface area (Å²) in [6.07, 6.45) is 7.51. The van der Waals surface area contributed by atoms with Gasteiger partial charge in [-0.2, -0.15) is 0 Å². The van der Waals surface area contributed by atoms with Crippen molar-refractivity contribution in [3.8, 4) is 11.5 Å². The van der Waals surface area contributed by atoms with Crippen LogP contribution in [0.1, 0.15) is 18.9 Å². The normalized spacial score (nSPS) is 15.4. The lowest BCUT2D eigenvalue weighted by molar-refractivity contribution is 0.637. The van der Waals surface area contributed by atoms with Gasteiger partial charge in [0.1, 0.15) is 0 Å². The van der Waals surface area contributed by atoms with Crippen LogP contribution in [0.25, 0.3) is 34.1 Å².